The van der Waals surface area contributed by atoms with Gasteiger partial charge in [0.15, 0.2) is 5.82 Å². The molecular formula is C20H17ClN10O2. The first kappa shape index (κ1) is 20.6. The molecule has 5 aromatic rings. The standard InChI is InChI=1S/C20H17ClN10O2/c1-9(26-17-15(16(22)23-8-24-17)19-30-28-10(2)33-19)18-27-12-5-3-4-11(21)14(12)20(32)31(18)13-6-7-25-29-13/h3-9H,1-2H3,(H,25,29)(H3,22,23,24,26)/t9-/m0/s1. The van der Waals surface area contributed by atoms with Crippen LogP contribution in [0, 0.1) is 6.92 Å². The molecule has 0 saturated heterocycles. The van der Waals surface area contributed by atoms with Crippen LogP contribution in [0.25, 0.3) is 28.2 Å². The number of fused-ring (bicyclic) bond motifs is 1. The van der Waals surface area contributed by atoms with Crippen LogP contribution in [0.1, 0.15) is 24.7 Å². The molecule has 1 atom stereocenters. The lowest BCUT2D eigenvalue weighted by Gasteiger charge is -2.20. The van der Waals surface area contributed by atoms with Crippen LogP contribution < -0.4 is 16.6 Å². The number of nitrogens with zero attached hydrogens (tertiary/aromatic N) is 7. The number of rotatable bonds is 5. The van der Waals surface area contributed by atoms with Crippen molar-refractivity contribution in [2.24, 2.45) is 0 Å². The molecule has 0 saturated carbocycles. The number of anilines is 2. The van der Waals surface area contributed by atoms with Crippen LogP contribution in [0.3, 0.4) is 0 Å². The second-order valence-electron chi connectivity index (χ2n) is 7.15. The van der Waals surface area contributed by atoms with E-state index in [0.717, 1.165) is 0 Å². The highest BCUT2D eigenvalue weighted by atomic mass is 35.5. The number of aryl methyl sites for hydroxylation is 1. The van der Waals surface area contributed by atoms with Gasteiger partial charge in [-0.3, -0.25) is 9.89 Å². The summed E-state index contributed by atoms with van der Waals surface area (Å²) in [7, 11) is 0. The molecule has 0 aliphatic heterocycles. The number of aromatic nitrogens is 8. The lowest BCUT2D eigenvalue weighted by Crippen LogP contribution is -2.28. The molecule has 0 aliphatic rings. The first-order valence-corrected chi connectivity index (χ1v) is 10.2. The van der Waals surface area contributed by atoms with Gasteiger partial charge in [-0.15, -0.1) is 10.2 Å². The Morgan fingerprint density at radius 1 is 1.24 bits per heavy atom. The minimum absolute atomic E-state index is 0.159. The summed E-state index contributed by atoms with van der Waals surface area (Å²) in [5.41, 5.74) is 6.54. The number of halogens is 1. The maximum Gasteiger partial charge on any atom is 0.268 e. The Labute approximate surface area is 190 Å². The molecule has 13 heteroatoms. The maximum atomic E-state index is 13.4. The summed E-state index contributed by atoms with van der Waals surface area (Å²) >= 11 is 6.31. The second kappa shape index (κ2) is 7.98. The highest BCUT2D eigenvalue weighted by molar-refractivity contribution is 6.35. The van der Waals surface area contributed by atoms with Crippen LogP contribution in [0.15, 0.2) is 46.0 Å². The van der Waals surface area contributed by atoms with Crippen molar-refractivity contribution < 1.29 is 4.42 Å². The van der Waals surface area contributed by atoms with Gasteiger partial charge >= 0.3 is 0 Å². The van der Waals surface area contributed by atoms with Gasteiger partial charge < -0.3 is 15.5 Å². The van der Waals surface area contributed by atoms with Crippen molar-refractivity contribution >= 4 is 34.1 Å². The maximum absolute atomic E-state index is 13.4. The van der Waals surface area contributed by atoms with Crippen molar-refractivity contribution in [1.29, 1.82) is 0 Å². The number of hydrogen-bond donors (Lipinski definition) is 3. The fraction of sp³-hybridized carbons (Fsp3) is 0.150. The minimum atomic E-state index is -0.533. The normalized spacial score (nSPS) is 12.2. The van der Waals surface area contributed by atoms with E-state index >= 15 is 0 Å². The molecule has 1 aromatic carbocycles. The smallest absolute Gasteiger partial charge is 0.268 e. The van der Waals surface area contributed by atoms with E-state index in [4.69, 9.17) is 26.7 Å². The van der Waals surface area contributed by atoms with Gasteiger partial charge in [0, 0.05) is 19.2 Å². The third kappa shape index (κ3) is 3.55. The molecule has 12 nitrogen and oxygen atoms in total. The van der Waals surface area contributed by atoms with Gasteiger partial charge in [-0.2, -0.15) is 5.10 Å². The molecule has 0 amide bonds. The predicted octanol–water partition coefficient (Wildman–Crippen LogP) is 2.67. The summed E-state index contributed by atoms with van der Waals surface area (Å²) in [6.45, 7) is 3.49. The lowest BCUT2D eigenvalue weighted by molar-refractivity contribution is 0.532. The zero-order valence-corrected chi connectivity index (χ0v) is 18.2. The van der Waals surface area contributed by atoms with Gasteiger partial charge in [-0.1, -0.05) is 17.7 Å². The fourth-order valence-corrected chi connectivity index (χ4v) is 3.73. The summed E-state index contributed by atoms with van der Waals surface area (Å²) in [5, 5.41) is 18.6. The van der Waals surface area contributed by atoms with E-state index in [2.05, 4.69) is 35.7 Å². The largest absolute Gasteiger partial charge is 0.421 e. The van der Waals surface area contributed by atoms with E-state index in [-0.39, 0.29) is 17.3 Å². The molecular weight excluding hydrogens is 448 g/mol. The Balaban J connectivity index is 1.66. The summed E-state index contributed by atoms with van der Waals surface area (Å²) in [6, 6.07) is 6.24. The molecule has 4 aromatic heterocycles. The van der Waals surface area contributed by atoms with Crippen molar-refractivity contribution in [2.75, 3.05) is 11.1 Å². The summed E-state index contributed by atoms with van der Waals surface area (Å²) in [4.78, 5) is 26.5. The first-order chi connectivity index (χ1) is 15.9. The molecule has 33 heavy (non-hydrogen) atoms. The van der Waals surface area contributed by atoms with Crippen molar-refractivity contribution in [1.82, 2.24) is 39.9 Å². The van der Waals surface area contributed by atoms with Crippen molar-refractivity contribution in [2.45, 2.75) is 19.9 Å². The minimum Gasteiger partial charge on any atom is -0.421 e. The van der Waals surface area contributed by atoms with Gasteiger partial charge in [-0.25, -0.2) is 19.5 Å². The molecule has 5 rings (SSSR count). The monoisotopic (exact) mass is 464 g/mol. The van der Waals surface area contributed by atoms with E-state index in [1.165, 1.54) is 10.9 Å². The number of nitrogens with two attached hydrogens (primary N) is 1. The highest BCUT2D eigenvalue weighted by Crippen LogP contribution is 2.32. The third-order valence-electron chi connectivity index (χ3n) is 4.94. The number of H-pyrrole nitrogens is 1. The van der Waals surface area contributed by atoms with Gasteiger partial charge in [0.05, 0.1) is 22.0 Å². The van der Waals surface area contributed by atoms with E-state index < -0.39 is 6.04 Å². The van der Waals surface area contributed by atoms with Crippen molar-refractivity contribution in [3.05, 3.63) is 63.9 Å². The molecule has 0 spiro atoms. The quantitative estimate of drug-likeness (QED) is 0.351. The number of aromatic amines is 1. The van der Waals surface area contributed by atoms with Crippen LogP contribution >= 0.6 is 11.6 Å². The van der Waals surface area contributed by atoms with Crippen molar-refractivity contribution in [3.63, 3.8) is 0 Å². The number of nitrogens with one attached hydrogen (secondary N) is 2. The Kier molecular flexibility index (Phi) is 4.98. The summed E-state index contributed by atoms with van der Waals surface area (Å²) in [5.74, 6) is 1.79. The van der Waals surface area contributed by atoms with E-state index in [9.17, 15) is 4.79 Å². The van der Waals surface area contributed by atoms with Gasteiger partial charge in [0.1, 0.15) is 29.4 Å². The van der Waals surface area contributed by atoms with Gasteiger partial charge in [-0.05, 0) is 19.1 Å². The molecule has 0 fully saturated rings. The lowest BCUT2D eigenvalue weighted by atomic mass is 10.2. The first-order valence-electron chi connectivity index (χ1n) is 9.83. The molecule has 0 radical (unpaired) electrons. The zero-order chi connectivity index (χ0) is 23.1. The van der Waals surface area contributed by atoms with Crippen molar-refractivity contribution in [3.8, 4) is 17.3 Å². The average Bonchev–Trinajstić information content (AvgIpc) is 3.45. The predicted molar refractivity (Wildman–Crippen MR) is 121 cm³/mol. The highest BCUT2D eigenvalue weighted by Gasteiger charge is 2.24. The van der Waals surface area contributed by atoms with E-state index in [1.54, 1.807) is 37.4 Å². The fourth-order valence-electron chi connectivity index (χ4n) is 3.48. The van der Waals surface area contributed by atoms with E-state index in [0.29, 0.717) is 44.8 Å². The van der Waals surface area contributed by atoms with Crippen LogP contribution in [0.5, 0.6) is 0 Å². The molecule has 166 valence electrons. The Morgan fingerprint density at radius 3 is 2.82 bits per heavy atom. The Hall–Kier alpha value is -4.32. The molecule has 0 unspecified atom stereocenters. The molecule has 0 aliphatic carbocycles. The molecule has 4 N–H and O–H groups in total. The zero-order valence-electron chi connectivity index (χ0n) is 17.4. The third-order valence-corrected chi connectivity index (χ3v) is 5.26. The summed E-state index contributed by atoms with van der Waals surface area (Å²) in [6.07, 6.45) is 2.92. The van der Waals surface area contributed by atoms with Crippen LogP contribution in [0.4, 0.5) is 11.6 Å². The van der Waals surface area contributed by atoms with Crippen LogP contribution in [0.2, 0.25) is 5.02 Å². The van der Waals surface area contributed by atoms with Crippen LogP contribution in [-0.2, 0) is 0 Å². The number of benzene rings is 1. The number of hydrogen-bond acceptors (Lipinski definition) is 10. The summed E-state index contributed by atoms with van der Waals surface area (Å²) < 4.78 is 6.92. The van der Waals surface area contributed by atoms with Gasteiger partial charge in [0.25, 0.3) is 11.4 Å². The average molecular weight is 465 g/mol. The van der Waals surface area contributed by atoms with Gasteiger partial charge in [0.2, 0.25) is 5.89 Å². The topological polar surface area (TPSA) is 166 Å². The Bertz CT molecular complexity index is 1530. The SMILES string of the molecule is Cc1nnc(-c2c(N)ncnc2N[C@@H](C)c2nc3cccc(Cl)c3c(=O)n2-c2cc[nH]n2)o1. The molecule has 4 heterocycles. The Morgan fingerprint density at radius 2 is 2.09 bits per heavy atom. The number of nitrogen functional groups attached to an aromatic ring is 1. The van der Waals surface area contributed by atoms with E-state index in [1.807, 2.05) is 6.92 Å². The second-order valence-corrected chi connectivity index (χ2v) is 7.56. The van der Waals surface area contributed by atoms with Crippen LogP contribution in [-0.4, -0.2) is 39.9 Å². The molecule has 0 bridgehead atoms.